The van der Waals surface area contributed by atoms with Gasteiger partial charge in [-0.3, -0.25) is 9.59 Å². The molecular weight excluding hydrogens is 1090 g/mol. The summed E-state index contributed by atoms with van der Waals surface area (Å²) in [6.45, 7) is 25.6. The summed E-state index contributed by atoms with van der Waals surface area (Å²) >= 11 is 0. The van der Waals surface area contributed by atoms with Crippen molar-refractivity contribution in [2.75, 3.05) is 82.0 Å². The van der Waals surface area contributed by atoms with Gasteiger partial charge in [-0.25, -0.2) is 19.2 Å². The molecule has 4 fully saturated rings. The molecule has 2 aromatic carbocycles. The van der Waals surface area contributed by atoms with Crippen LogP contribution in [0.2, 0.25) is 0 Å². The van der Waals surface area contributed by atoms with Crippen LogP contribution in [0.25, 0.3) is 0 Å². The monoisotopic (exact) mass is 1180 g/mol. The number of aliphatic carboxylic acids is 2. The summed E-state index contributed by atoms with van der Waals surface area (Å²) in [5, 5.41) is 24.1. The molecule has 0 atom stereocenters. The standard InChI is InChI=1S/C23H34N2O6.C19H28N2O4.C4H7N2O2.2C2H4O2.C2H6.2CH4.Rh/c1-5-28-21(26)16-29-19-14-20(15-19)30-18-8-6-17(7-9-18)24-10-12-25(13-11-24)22(27)31-23(2,3)4;1-19(2,3)25-18(23)21-10-8-20(9-11-21)14-4-6-16(7-5-14)24-17-12-15(22)13-17;1-2-8-4(7)3-6-5;2*1-2(3)4;1-2;;;/h6-9,19-20H,5,10-16H2,1-4H3;4-7,15,17,22H,8-13H2,1-3H3;3,5H,2H2,1H3;2*1H3,(H,3,4);1-2H3;2*1H4;/q;;+1;;;;;;/i;;;;;1D;;;. The van der Waals surface area contributed by atoms with Crippen LogP contribution in [-0.4, -0.2) is 180 Å². The summed E-state index contributed by atoms with van der Waals surface area (Å²) in [5.41, 5.74) is 7.49. The number of amides is 2. The fourth-order valence-electron chi connectivity index (χ4n) is 6.81. The number of carboxylic acids is 2. The van der Waals surface area contributed by atoms with Crippen LogP contribution in [0.4, 0.5) is 21.0 Å². The van der Waals surface area contributed by atoms with E-state index in [1.165, 1.54) is 0 Å². The van der Waals surface area contributed by atoms with Crippen LogP contribution < -0.4 is 19.3 Å². The molecule has 2 aliphatic heterocycles. The van der Waals surface area contributed by atoms with Crippen LogP contribution in [0.5, 0.6) is 11.5 Å². The Morgan fingerprint density at radius 3 is 1.29 bits per heavy atom. The van der Waals surface area contributed by atoms with Gasteiger partial charge in [0.1, 0.15) is 41.5 Å². The normalized spacial score (nSPS) is 17.9. The molecule has 0 unspecified atom stereocenters. The van der Waals surface area contributed by atoms with E-state index in [9.17, 15) is 24.3 Å². The first-order valence-electron chi connectivity index (χ1n) is 25.4. The Bertz CT molecular complexity index is 2040. The first-order chi connectivity index (χ1) is 35.2. The predicted molar refractivity (Wildman–Crippen MR) is 290 cm³/mol. The second kappa shape index (κ2) is 39.4. The van der Waals surface area contributed by atoms with E-state index in [1.807, 2.05) is 90.1 Å². The summed E-state index contributed by atoms with van der Waals surface area (Å²) < 4.78 is 43.6. The van der Waals surface area contributed by atoms with E-state index in [1.54, 1.807) is 30.6 Å². The van der Waals surface area contributed by atoms with Gasteiger partial charge in [0.2, 0.25) is 0 Å². The number of hydrogen-bond donors (Lipinski definition) is 4. The third-order valence-electron chi connectivity index (χ3n) is 10.2. The fraction of sp³-hybridized carbons (Fsp3) is 0.648. The van der Waals surface area contributed by atoms with Crippen molar-refractivity contribution in [2.24, 2.45) is 0 Å². The topological polar surface area (TPSA) is 279 Å². The Morgan fingerprint density at radius 1 is 0.649 bits per heavy atom. The minimum atomic E-state index is -0.833. The van der Waals surface area contributed by atoms with Crippen molar-refractivity contribution in [1.29, 1.82) is 5.53 Å². The van der Waals surface area contributed by atoms with Crippen molar-refractivity contribution in [1.82, 2.24) is 9.80 Å². The van der Waals surface area contributed by atoms with Crippen LogP contribution in [0.3, 0.4) is 0 Å². The molecule has 22 nitrogen and oxygen atoms in total. The average molecular weight is 1180 g/mol. The van der Waals surface area contributed by atoms with Crippen molar-refractivity contribution < 1.29 is 103 Å². The third-order valence-corrected chi connectivity index (χ3v) is 10.2. The Morgan fingerprint density at radius 2 is 0.987 bits per heavy atom. The van der Waals surface area contributed by atoms with E-state index >= 15 is 0 Å². The van der Waals surface area contributed by atoms with Crippen LogP contribution in [0, 0.1) is 5.53 Å². The minimum Gasteiger partial charge on any atom is -0.490 e. The first-order valence-corrected chi connectivity index (χ1v) is 24.7. The van der Waals surface area contributed by atoms with Gasteiger partial charge in [0.05, 0.1) is 35.7 Å². The molecule has 2 amide bonds. The predicted octanol–water partition coefficient (Wildman–Crippen LogP) is 8.22. The molecule has 2 saturated carbocycles. The zero-order chi connectivity index (χ0) is 56.7. The van der Waals surface area contributed by atoms with Crippen molar-refractivity contribution in [3.05, 3.63) is 48.5 Å². The van der Waals surface area contributed by atoms with Crippen molar-refractivity contribution in [2.45, 2.75) is 159 Å². The van der Waals surface area contributed by atoms with E-state index < -0.39 is 29.1 Å². The molecule has 2 heterocycles. The summed E-state index contributed by atoms with van der Waals surface area (Å²) in [6, 6.07) is 16.1. The molecular formula is C54H91N6O16Rh+. The number of anilines is 2. The molecule has 6 rings (SSSR count). The van der Waals surface area contributed by atoms with Gasteiger partial charge < -0.3 is 68.1 Å². The number of ether oxygens (including phenoxy) is 7. The van der Waals surface area contributed by atoms with Gasteiger partial charge >= 0.3 is 30.3 Å². The minimum absolute atomic E-state index is 0. The molecule has 1 radical (unpaired) electrons. The van der Waals surface area contributed by atoms with Crippen LogP contribution in [0.1, 0.15) is 125 Å². The third kappa shape index (κ3) is 33.7. The molecule has 0 aromatic heterocycles. The smallest absolute Gasteiger partial charge is 0.418 e. The van der Waals surface area contributed by atoms with E-state index in [0.29, 0.717) is 59.1 Å². The molecule has 4 aliphatic rings. The number of esters is 2. The van der Waals surface area contributed by atoms with Gasteiger partial charge in [0.25, 0.3) is 11.9 Å². The average Bonchev–Trinajstić information content (AvgIpc) is 3.29. The molecule has 2 aliphatic carbocycles. The van der Waals surface area contributed by atoms with Gasteiger partial charge in [-0.2, -0.15) is 0 Å². The van der Waals surface area contributed by atoms with Gasteiger partial charge in [-0.05, 0) is 104 Å². The molecule has 77 heavy (non-hydrogen) atoms. The SMILES string of the molecule is C.C.CC(=O)O.CC(=O)O.CC(C)(C)OC(=O)N1CCN(c2ccc(OC3CC(O)C3)cc2)CC1.CCOC(=O)C=[N+]=N.CCOC(=O)COC1CC(Oc2ccc(N3CCN(C(=O)OC(C)(C)C)CC3)cc2)C1.[2H]CC.[Rh]. The quantitative estimate of drug-likeness (QED) is 0.0389. The van der Waals surface area contributed by atoms with Gasteiger partial charge in [-0.1, -0.05) is 28.7 Å². The van der Waals surface area contributed by atoms with Crippen LogP contribution in [0.15, 0.2) is 48.5 Å². The Labute approximate surface area is 471 Å². The number of carboxylic acid groups (broad SMARTS) is 2. The maximum absolute atomic E-state index is 12.2. The number of rotatable bonds is 12. The van der Waals surface area contributed by atoms with Crippen molar-refractivity contribution in [3.8, 4) is 11.5 Å². The van der Waals surface area contributed by atoms with E-state index in [4.69, 9.17) is 55.1 Å². The number of nitrogens with one attached hydrogen (secondary N) is 1. The number of aliphatic hydroxyl groups is 1. The summed E-state index contributed by atoms with van der Waals surface area (Å²) in [5.74, 6) is -0.894. The number of aliphatic hydroxyl groups excluding tert-OH is 1. The molecule has 2 saturated heterocycles. The zero-order valence-electron chi connectivity index (χ0n) is 46.5. The number of carbonyl (C=O) groups excluding carboxylic acids is 4. The zero-order valence-corrected chi connectivity index (χ0v) is 47.2. The number of benzene rings is 2. The van der Waals surface area contributed by atoms with Crippen LogP contribution >= 0.6 is 0 Å². The maximum atomic E-state index is 12.2. The van der Waals surface area contributed by atoms with Gasteiger partial charge in [-0.15, -0.1) is 0 Å². The second-order valence-electron chi connectivity index (χ2n) is 18.8. The molecule has 0 bridgehead atoms. The first kappa shape index (κ1) is 73.1. The summed E-state index contributed by atoms with van der Waals surface area (Å²) in [6.07, 6.45) is 3.39. The number of hydrogen-bond acceptors (Lipinski definition) is 17. The summed E-state index contributed by atoms with van der Waals surface area (Å²) in [7, 11) is 0. The molecule has 441 valence electrons. The maximum Gasteiger partial charge on any atom is 0.418 e. The largest absolute Gasteiger partial charge is 0.490 e. The number of nitrogens with zero attached hydrogens (tertiary/aromatic N) is 5. The van der Waals surface area contributed by atoms with E-state index in [2.05, 4.69) is 19.3 Å². The fourth-order valence-corrected chi connectivity index (χ4v) is 6.81. The van der Waals surface area contributed by atoms with Crippen LogP contribution in [-0.2, 0) is 62.3 Å². The number of piperazine rings is 2. The molecule has 0 spiro atoms. The summed E-state index contributed by atoms with van der Waals surface area (Å²) in [4.78, 5) is 74.5. The second-order valence-corrected chi connectivity index (χ2v) is 18.8. The Kier molecular flexibility index (Phi) is 37.3. The van der Waals surface area contributed by atoms with Gasteiger partial charge in [0, 0.05) is 124 Å². The van der Waals surface area contributed by atoms with Gasteiger partial charge in [0.15, 0.2) is 0 Å². The van der Waals surface area contributed by atoms with E-state index in [0.717, 1.165) is 82.0 Å². The number of carbonyl (C=O) groups is 6. The Balaban J connectivity index is -0.00000106. The Hall–Kier alpha value is -6.02. The van der Waals surface area contributed by atoms with E-state index in [-0.39, 0.29) is 83.5 Å². The molecule has 2 aromatic rings. The van der Waals surface area contributed by atoms with Crippen molar-refractivity contribution >= 4 is 53.7 Å². The van der Waals surface area contributed by atoms with Crippen molar-refractivity contribution in [3.63, 3.8) is 0 Å². The molecule has 23 heteroatoms. The molecule has 4 N–H and O–H groups in total.